The Morgan fingerprint density at radius 1 is 1.39 bits per heavy atom. The van der Waals surface area contributed by atoms with E-state index in [9.17, 15) is 5.11 Å². The number of aliphatic hydroxyl groups excluding tert-OH is 1. The Labute approximate surface area is 107 Å². The second-order valence-corrected chi connectivity index (χ2v) is 5.17. The largest absolute Gasteiger partial charge is 0.396 e. The zero-order chi connectivity index (χ0) is 13.0. The summed E-state index contributed by atoms with van der Waals surface area (Å²) in [6.45, 7) is 4.90. The second kappa shape index (κ2) is 5.77. The Kier molecular flexibility index (Phi) is 4.31. The molecule has 1 fully saturated rings. The zero-order valence-corrected chi connectivity index (χ0v) is 11.1. The van der Waals surface area contributed by atoms with Gasteiger partial charge in [0.05, 0.1) is 13.2 Å². The lowest BCUT2D eigenvalue weighted by Gasteiger charge is -2.38. The standard InChI is InChI=1S/C12H21N3O3/c1-10-13-11(14-18-10)7-15(2)8-12(9-16)3-5-17-6-4-12/h16H,3-9H2,1-2H3. The molecule has 1 aromatic rings. The fraction of sp³-hybridized carbons (Fsp3) is 0.833. The van der Waals surface area contributed by atoms with Gasteiger partial charge in [0.15, 0.2) is 5.82 Å². The summed E-state index contributed by atoms with van der Waals surface area (Å²) < 4.78 is 10.3. The van der Waals surface area contributed by atoms with Crippen LogP contribution in [-0.2, 0) is 11.3 Å². The van der Waals surface area contributed by atoms with Gasteiger partial charge in [0.2, 0.25) is 5.89 Å². The first-order valence-corrected chi connectivity index (χ1v) is 6.30. The number of hydrogen-bond donors (Lipinski definition) is 1. The first kappa shape index (κ1) is 13.5. The molecule has 0 unspecified atom stereocenters. The van der Waals surface area contributed by atoms with E-state index in [4.69, 9.17) is 9.26 Å². The zero-order valence-electron chi connectivity index (χ0n) is 11.1. The molecule has 0 aromatic carbocycles. The fourth-order valence-electron chi connectivity index (χ4n) is 2.45. The van der Waals surface area contributed by atoms with Gasteiger partial charge in [-0.1, -0.05) is 5.16 Å². The van der Waals surface area contributed by atoms with Crippen molar-refractivity contribution < 1.29 is 14.4 Å². The van der Waals surface area contributed by atoms with Gasteiger partial charge >= 0.3 is 0 Å². The molecule has 1 aromatic heterocycles. The van der Waals surface area contributed by atoms with Crippen LogP contribution in [0.1, 0.15) is 24.6 Å². The van der Waals surface area contributed by atoms with Crippen molar-refractivity contribution in [3.8, 4) is 0 Å². The maximum atomic E-state index is 9.63. The molecule has 102 valence electrons. The van der Waals surface area contributed by atoms with Crippen LogP contribution in [0.3, 0.4) is 0 Å². The van der Waals surface area contributed by atoms with Gasteiger partial charge in [-0.05, 0) is 19.9 Å². The van der Waals surface area contributed by atoms with E-state index in [0.717, 1.165) is 32.6 Å². The summed E-state index contributed by atoms with van der Waals surface area (Å²) in [5.41, 5.74) is -0.0498. The Bertz CT molecular complexity index is 374. The van der Waals surface area contributed by atoms with Gasteiger partial charge in [0.1, 0.15) is 0 Å². The van der Waals surface area contributed by atoms with E-state index < -0.39 is 0 Å². The van der Waals surface area contributed by atoms with Crippen LogP contribution in [0, 0.1) is 12.3 Å². The van der Waals surface area contributed by atoms with Crippen molar-refractivity contribution in [3.05, 3.63) is 11.7 Å². The van der Waals surface area contributed by atoms with Crippen molar-refractivity contribution in [2.45, 2.75) is 26.3 Å². The molecule has 0 saturated carbocycles. The summed E-state index contributed by atoms with van der Waals surface area (Å²) in [4.78, 5) is 6.32. The molecule has 0 radical (unpaired) electrons. The van der Waals surface area contributed by atoms with E-state index in [0.29, 0.717) is 18.3 Å². The van der Waals surface area contributed by atoms with Crippen molar-refractivity contribution in [3.63, 3.8) is 0 Å². The number of nitrogens with zero attached hydrogens (tertiary/aromatic N) is 3. The van der Waals surface area contributed by atoms with Crippen LogP contribution >= 0.6 is 0 Å². The van der Waals surface area contributed by atoms with Crippen LogP contribution < -0.4 is 0 Å². The third-order valence-corrected chi connectivity index (χ3v) is 3.48. The fourth-order valence-corrected chi connectivity index (χ4v) is 2.45. The average Bonchev–Trinajstić information content (AvgIpc) is 2.75. The minimum absolute atomic E-state index is 0.0498. The maximum Gasteiger partial charge on any atom is 0.223 e. The summed E-state index contributed by atoms with van der Waals surface area (Å²) in [6.07, 6.45) is 1.80. The van der Waals surface area contributed by atoms with Gasteiger partial charge in [-0.3, -0.25) is 4.90 Å². The molecular weight excluding hydrogens is 234 g/mol. The Morgan fingerprint density at radius 3 is 2.67 bits per heavy atom. The summed E-state index contributed by atoms with van der Waals surface area (Å²) in [5, 5.41) is 13.5. The number of ether oxygens (including phenoxy) is 1. The molecule has 6 nitrogen and oxygen atoms in total. The van der Waals surface area contributed by atoms with Gasteiger partial charge in [0.25, 0.3) is 0 Å². The average molecular weight is 255 g/mol. The monoisotopic (exact) mass is 255 g/mol. The van der Waals surface area contributed by atoms with Crippen molar-refractivity contribution in [2.75, 3.05) is 33.4 Å². The quantitative estimate of drug-likeness (QED) is 0.830. The van der Waals surface area contributed by atoms with Crippen LogP contribution in [0.5, 0.6) is 0 Å². The number of aliphatic hydroxyl groups is 1. The number of aromatic nitrogens is 2. The topological polar surface area (TPSA) is 71.6 Å². The first-order valence-electron chi connectivity index (χ1n) is 6.30. The molecule has 0 amide bonds. The van der Waals surface area contributed by atoms with Crippen molar-refractivity contribution >= 4 is 0 Å². The summed E-state index contributed by atoms with van der Waals surface area (Å²) >= 11 is 0. The van der Waals surface area contributed by atoms with Gasteiger partial charge in [-0.25, -0.2) is 0 Å². The Balaban J connectivity index is 1.90. The lowest BCUT2D eigenvalue weighted by Crippen LogP contribution is -2.42. The van der Waals surface area contributed by atoms with E-state index in [1.807, 2.05) is 7.05 Å². The molecular formula is C12H21N3O3. The summed E-state index contributed by atoms with van der Waals surface area (Å²) in [7, 11) is 2.01. The van der Waals surface area contributed by atoms with E-state index in [-0.39, 0.29) is 12.0 Å². The normalized spacial score (nSPS) is 19.3. The highest BCUT2D eigenvalue weighted by molar-refractivity contribution is 4.87. The molecule has 0 bridgehead atoms. The number of rotatable bonds is 5. The van der Waals surface area contributed by atoms with Crippen molar-refractivity contribution in [1.29, 1.82) is 0 Å². The molecule has 2 heterocycles. The molecule has 1 aliphatic rings. The minimum atomic E-state index is -0.0498. The number of hydrogen-bond acceptors (Lipinski definition) is 6. The van der Waals surface area contributed by atoms with Gasteiger partial charge in [-0.15, -0.1) is 0 Å². The molecule has 2 rings (SSSR count). The number of aryl methyl sites for hydroxylation is 1. The van der Waals surface area contributed by atoms with Gasteiger partial charge in [-0.2, -0.15) is 4.98 Å². The van der Waals surface area contributed by atoms with Crippen LogP contribution in [0.2, 0.25) is 0 Å². The van der Waals surface area contributed by atoms with E-state index in [2.05, 4.69) is 15.0 Å². The van der Waals surface area contributed by atoms with Crippen LogP contribution in [0.4, 0.5) is 0 Å². The molecule has 18 heavy (non-hydrogen) atoms. The predicted molar refractivity (Wildman–Crippen MR) is 64.9 cm³/mol. The van der Waals surface area contributed by atoms with Gasteiger partial charge in [0, 0.05) is 32.1 Å². The molecule has 0 atom stereocenters. The van der Waals surface area contributed by atoms with E-state index in [1.165, 1.54) is 0 Å². The highest BCUT2D eigenvalue weighted by Crippen LogP contribution is 2.30. The predicted octanol–water partition coefficient (Wildman–Crippen LogP) is 0.599. The molecule has 6 heteroatoms. The molecule has 0 spiro atoms. The molecule has 0 aliphatic carbocycles. The summed E-state index contributed by atoms with van der Waals surface area (Å²) in [5.74, 6) is 1.27. The van der Waals surface area contributed by atoms with Crippen molar-refractivity contribution in [2.24, 2.45) is 5.41 Å². The molecule has 1 aliphatic heterocycles. The molecule has 1 saturated heterocycles. The van der Waals surface area contributed by atoms with E-state index in [1.54, 1.807) is 6.92 Å². The second-order valence-electron chi connectivity index (χ2n) is 5.17. The third-order valence-electron chi connectivity index (χ3n) is 3.48. The SMILES string of the molecule is Cc1nc(CN(C)CC2(CO)CCOCC2)no1. The van der Waals surface area contributed by atoms with Crippen LogP contribution in [0.25, 0.3) is 0 Å². The van der Waals surface area contributed by atoms with Crippen molar-refractivity contribution in [1.82, 2.24) is 15.0 Å². The third kappa shape index (κ3) is 3.28. The maximum absolute atomic E-state index is 9.63. The Hall–Kier alpha value is -0.980. The van der Waals surface area contributed by atoms with Crippen LogP contribution in [-0.4, -0.2) is 53.6 Å². The highest BCUT2D eigenvalue weighted by atomic mass is 16.5. The summed E-state index contributed by atoms with van der Waals surface area (Å²) in [6, 6.07) is 0. The van der Waals surface area contributed by atoms with Gasteiger partial charge < -0.3 is 14.4 Å². The smallest absolute Gasteiger partial charge is 0.223 e. The lowest BCUT2D eigenvalue weighted by molar-refractivity contribution is -0.0321. The first-order chi connectivity index (χ1) is 8.63. The Morgan fingerprint density at radius 2 is 2.11 bits per heavy atom. The molecule has 1 N–H and O–H groups in total. The lowest BCUT2D eigenvalue weighted by atomic mass is 9.80. The highest BCUT2D eigenvalue weighted by Gasteiger charge is 2.33. The van der Waals surface area contributed by atoms with E-state index >= 15 is 0 Å². The van der Waals surface area contributed by atoms with Crippen LogP contribution in [0.15, 0.2) is 4.52 Å². The minimum Gasteiger partial charge on any atom is -0.396 e.